The molecular formula is C4H6I. The molecule has 0 fully saturated rings. The van der Waals surface area contributed by atoms with Crippen LogP contribution in [0.3, 0.4) is 0 Å². The van der Waals surface area contributed by atoms with Crippen molar-refractivity contribution in [2.75, 3.05) is 0 Å². The normalized spacial score (nSPS) is 6.40. The summed E-state index contributed by atoms with van der Waals surface area (Å²) >= 11 is 0.159. The first-order chi connectivity index (χ1) is 2.41. The fraction of sp³-hybridized carbons (Fsp3) is 0. The molecule has 0 aliphatic carbocycles. The number of hydrogen-bond acceptors (Lipinski definition) is 0. The van der Waals surface area contributed by atoms with Crippen molar-refractivity contribution in [2.45, 2.75) is 0 Å². The van der Waals surface area contributed by atoms with Gasteiger partial charge in [0.1, 0.15) is 0 Å². The van der Waals surface area contributed by atoms with Crippen LogP contribution in [0.1, 0.15) is 0 Å². The lowest BCUT2D eigenvalue weighted by molar-refractivity contribution is 2.71. The first kappa shape index (κ1) is 5.21. The minimum absolute atomic E-state index is 0.159. The van der Waals surface area contributed by atoms with Crippen molar-refractivity contribution in [3.05, 3.63) is 21.3 Å². The fourth-order valence-electron chi connectivity index (χ4n) is 0.0630. The maximum atomic E-state index is 3.53. The summed E-state index contributed by atoms with van der Waals surface area (Å²) in [7, 11) is 0. The standard InChI is InChI=1S/C4H6I/c1-3-5-4-2/h3-4H,1-2H2. The molecule has 5 heavy (non-hydrogen) atoms. The maximum absolute atomic E-state index is 3.53. The van der Waals surface area contributed by atoms with Crippen LogP contribution in [-0.2, 0) is 0 Å². The molecule has 0 saturated heterocycles. The van der Waals surface area contributed by atoms with Gasteiger partial charge in [0.05, 0.1) is 0 Å². The predicted octanol–water partition coefficient (Wildman–Crippen LogP) is 2.24. The van der Waals surface area contributed by atoms with E-state index in [4.69, 9.17) is 0 Å². The molecule has 0 N–H and O–H groups in total. The quantitative estimate of drug-likeness (QED) is 0.573. The van der Waals surface area contributed by atoms with Crippen LogP contribution in [0.5, 0.6) is 0 Å². The first-order valence-electron chi connectivity index (χ1n) is 1.25. The van der Waals surface area contributed by atoms with Crippen molar-refractivity contribution in [2.24, 2.45) is 0 Å². The SMILES string of the molecule is C=C[I]C=C. The van der Waals surface area contributed by atoms with Crippen molar-refractivity contribution >= 4 is 21.2 Å². The third-order valence-corrected chi connectivity index (χ3v) is 1.20. The Bertz CT molecular complexity index is 32.9. The Hall–Kier alpha value is 0.210. The molecule has 0 aromatic heterocycles. The Labute approximate surface area is 42.8 Å². The van der Waals surface area contributed by atoms with Gasteiger partial charge in [-0.3, -0.25) is 0 Å². The van der Waals surface area contributed by atoms with Gasteiger partial charge in [-0.15, -0.1) is 0 Å². The highest BCUT2D eigenvalue weighted by Crippen LogP contribution is 2.08. The van der Waals surface area contributed by atoms with E-state index >= 15 is 0 Å². The minimum Gasteiger partial charge on any atom is -0.0950 e. The van der Waals surface area contributed by atoms with Crippen LogP contribution in [0.2, 0.25) is 0 Å². The fourth-order valence-corrected chi connectivity index (χ4v) is 0.423. The van der Waals surface area contributed by atoms with Crippen LogP contribution in [0.25, 0.3) is 0 Å². The highest BCUT2D eigenvalue weighted by atomic mass is 127. The summed E-state index contributed by atoms with van der Waals surface area (Å²) in [6, 6.07) is 0. The van der Waals surface area contributed by atoms with Gasteiger partial charge in [0.15, 0.2) is 0 Å². The molecule has 0 aromatic carbocycles. The molecule has 0 nitrogen and oxygen atoms in total. The highest BCUT2D eigenvalue weighted by molar-refractivity contribution is 14.2. The molecule has 0 unspecified atom stereocenters. The summed E-state index contributed by atoms with van der Waals surface area (Å²) in [5.74, 6) is 0. The van der Waals surface area contributed by atoms with E-state index in [1.54, 1.807) is 0 Å². The van der Waals surface area contributed by atoms with E-state index in [9.17, 15) is 0 Å². The van der Waals surface area contributed by atoms with Gasteiger partial charge in [-0.1, -0.05) is 34.4 Å². The van der Waals surface area contributed by atoms with E-state index in [0.29, 0.717) is 0 Å². The van der Waals surface area contributed by atoms with Gasteiger partial charge in [-0.2, -0.15) is 0 Å². The van der Waals surface area contributed by atoms with Crippen LogP contribution in [-0.4, -0.2) is 0 Å². The Morgan fingerprint density at radius 1 is 1.20 bits per heavy atom. The van der Waals surface area contributed by atoms with Crippen LogP contribution in [0, 0.1) is 0 Å². The van der Waals surface area contributed by atoms with Crippen LogP contribution in [0.15, 0.2) is 21.3 Å². The smallest absolute Gasteiger partial charge is 0.0359 e. The Balaban J connectivity index is 2.65. The number of halogens is 1. The third-order valence-electron chi connectivity index (χ3n) is 0.178. The molecule has 1 heteroatoms. The lowest BCUT2D eigenvalue weighted by Gasteiger charge is -1.65. The summed E-state index contributed by atoms with van der Waals surface area (Å²) in [5.41, 5.74) is 0. The number of hydrogen-bond donors (Lipinski definition) is 0. The van der Waals surface area contributed by atoms with E-state index in [2.05, 4.69) is 13.2 Å². The molecule has 0 saturated carbocycles. The zero-order valence-corrected chi connectivity index (χ0v) is 5.10. The van der Waals surface area contributed by atoms with E-state index in [1.165, 1.54) is 0 Å². The van der Waals surface area contributed by atoms with Gasteiger partial charge < -0.3 is 0 Å². The van der Waals surface area contributed by atoms with Crippen LogP contribution >= 0.6 is 21.2 Å². The molecule has 0 bridgehead atoms. The van der Waals surface area contributed by atoms with E-state index in [1.807, 2.05) is 8.17 Å². The van der Waals surface area contributed by atoms with Crippen LogP contribution in [0.4, 0.5) is 0 Å². The van der Waals surface area contributed by atoms with E-state index in [-0.39, 0.29) is 21.2 Å². The second-order valence-corrected chi connectivity index (χ2v) is 2.92. The largest absolute Gasteiger partial charge is 0.0950 e. The lowest BCUT2D eigenvalue weighted by atomic mass is 11.3. The molecule has 0 aromatic rings. The monoisotopic (exact) mass is 181 g/mol. The summed E-state index contributed by atoms with van der Waals surface area (Å²) in [4.78, 5) is 0. The van der Waals surface area contributed by atoms with Crippen molar-refractivity contribution in [1.29, 1.82) is 0 Å². The summed E-state index contributed by atoms with van der Waals surface area (Å²) in [5, 5.41) is 0. The average Bonchev–Trinajstić information content (AvgIpc) is 1.41. The van der Waals surface area contributed by atoms with Crippen molar-refractivity contribution in [1.82, 2.24) is 0 Å². The second-order valence-electron chi connectivity index (χ2n) is 0.435. The molecule has 1 radical (unpaired) electrons. The minimum atomic E-state index is 0.159. The van der Waals surface area contributed by atoms with Gasteiger partial charge in [-0.25, -0.2) is 0 Å². The topological polar surface area (TPSA) is 0 Å². The van der Waals surface area contributed by atoms with E-state index in [0.717, 1.165) is 0 Å². The van der Waals surface area contributed by atoms with Crippen LogP contribution < -0.4 is 0 Å². The highest BCUT2D eigenvalue weighted by Gasteiger charge is 1.52. The average molecular weight is 181 g/mol. The van der Waals surface area contributed by atoms with Gasteiger partial charge in [0.25, 0.3) is 0 Å². The molecule has 0 spiro atoms. The van der Waals surface area contributed by atoms with Gasteiger partial charge in [0, 0.05) is 0 Å². The zero-order valence-electron chi connectivity index (χ0n) is 2.95. The van der Waals surface area contributed by atoms with Gasteiger partial charge in [0.2, 0.25) is 0 Å². The third kappa shape index (κ3) is 4.21. The summed E-state index contributed by atoms with van der Waals surface area (Å²) < 4.78 is 3.84. The van der Waals surface area contributed by atoms with E-state index < -0.39 is 0 Å². The van der Waals surface area contributed by atoms with Gasteiger partial charge in [-0.05, 0) is 8.17 Å². The molecule has 29 valence electrons. The summed E-state index contributed by atoms with van der Waals surface area (Å²) in [6.45, 7) is 7.06. The van der Waals surface area contributed by atoms with Crippen molar-refractivity contribution in [3.63, 3.8) is 0 Å². The first-order valence-corrected chi connectivity index (χ1v) is 3.74. The predicted molar refractivity (Wildman–Crippen MR) is 34.4 cm³/mol. The molecular weight excluding hydrogens is 175 g/mol. The maximum Gasteiger partial charge on any atom is -0.0359 e. The zero-order chi connectivity index (χ0) is 4.12. The summed E-state index contributed by atoms with van der Waals surface area (Å²) in [6.07, 6.45) is 0. The van der Waals surface area contributed by atoms with Crippen molar-refractivity contribution in [3.8, 4) is 0 Å². The Morgan fingerprint density at radius 3 is 1.60 bits per heavy atom. The molecule has 0 heterocycles. The Morgan fingerprint density at radius 2 is 1.60 bits per heavy atom. The molecule has 0 aliphatic heterocycles. The second kappa shape index (κ2) is 4.21. The number of rotatable bonds is 2. The molecule has 0 atom stereocenters. The Kier molecular flexibility index (Phi) is 4.39. The molecule has 0 rings (SSSR count). The van der Waals surface area contributed by atoms with Gasteiger partial charge >= 0.3 is 0 Å². The molecule has 0 amide bonds. The lowest BCUT2D eigenvalue weighted by Crippen LogP contribution is -1.18. The van der Waals surface area contributed by atoms with Crippen molar-refractivity contribution < 1.29 is 0 Å². The molecule has 0 aliphatic rings.